The maximum Gasteiger partial charge on any atom is 0.416 e. The van der Waals surface area contributed by atoms with Crippen LogP contribution < -0.4 is 0 Å². The lowest BCUT2D eigenvalue weighted by Gasteiger charge is -2.33. The van der Waals surface area contributed by atoms with E-state index < -0.39 is 11.7 Å². The first kappa shape index (κ1) is 14.4. The molecule has 1 aromatic rings. The molecule has 1 fully saturated rings. The average molecular weight is 268 g/mol. The molecule has 1 aromatic carbocycles. The third kappa shape index (κ3) is 3.73. The topological polar surface area (TPSA) is 6.48 Å². The summed E-state index contributed by atoms with van der Waals surface area (Å²) in [7, 11) is 5.67. The second-order valence-electron chi connectivity index (χ2n) is 4.95. The van der Waals surface area contributed by atoms with Gasteiger partial charge in [0.15, 0.2) is 7.98 Å². The minimum Gasteiger partial charge on any atom is -0.351 e. The van der Waals surface area contributed by atoms with Gasteiger partial charge < -0.3 is 4.81 Å². The quantitative estimate of drug-likeness (QED) is 0.759. The number of piperazine rings is 1. The van der Waals surface area contributed by atoms with E-state index in [1.54, 1.807) is 17.8 Å². The minimum atomic E-state index is -4.27. The molecule has 0 bridgehead atoms. The summed E-state index contributed by atoms with van der Waals surface area (Å²) in [6.45, 7) is 5.68. The Morgan fingerprint density at radius 3 is 2.32 bits per heavy atom. The van der Waals surface area contributed by atoms with Crippen LogP contribution in [0, 0.1) is 6.92 Å². The Morgan fingerprint density at radius 1 is 1.16 bits per heavy atom. The molecule has 2 nitrogen and oxygen atoms in total. The number of rotatable bonds is 2. The summed E-state index contributed by atoms with van der Waals surface area (Å²) in [6.07, 6.45) is -4.27. The molecule has 0 aromatic heterocycles. The minimum absolute atomic E-state index is 0.583. The predicted molar refractivity (Wildman–Crippen MR) is 68.8 cm³/mol. The van der Waals surface area contributed by atoms with E-state index in [0.717, 1.165) is 37.8 Å². The summed E-state index contributed by atoms with van der Waals surface area (Å²) in [6, 6.07) is 3.95. The molecule has 0 spiro atoms. The monoisotopic (exact) mass is 268 g/mol. The summed E-state index contributed by atoms with van der Waals surface area (Å²) in [5.74, 6) is 0. The van der Waals surface area contributed by atoms with E-state index in [1.165, 1.54) is 6.07 Å². The first-order valence-electron chi connectivity index (χ1n) is 6.25. The molecule has 1 aliphatic rings. The summed E-state index contributed by atoms with van der Waals surface area (Å²) < 4.78 is 37.7. The highest BCUT2D eigenvalue weighted by atomic mass is 19.4. The molecule has 0 atom stereocenters. The Morgan fingerprint density at radius 2 is 1.79 bits per heavy atom. The molecule has 2 rings (SSSR count). The highest BCUT2D eigenvalue weighted by Crippen LogP contribution is 2.30. The predicted octanol–water partition coefficient (Wildman–Crippen LogP) is 2.21. The van der Waals surface area contributed by atoms with Gasteiger partial charge in [-0.2, -0.15) is 13.2 Å². The van der Waals surface area contributed by atoms with Crippen LogP contribution in [0.2, 0.25) is 0 Å². The lowest BCUT2D eigenvalue weighted by Crippen LogP contribution is -2.44. The first-order chi connectivity index (χ1) is 8.86. The van der Waals surface area contributed by atoms with Gasteiger partial charge in [-0.15, -0.1) is 0 Å². The van der Waals surface area contributed by atoms with Gasteiger partial charge in [0, 0.05) is 19.6 Å². The van der Waals surface area contributed by atoms with Gasteiger partial charge in [0.05, 0.1) is 5.56 Å². The molecule has 0 aliphatic carbocycles. The first-order valence-corrected chi connectivity index (χ1v) is 6.25. The van der Waals surface area contributed by atoms with Crippen LogP contribution in [0.1, 0.15) is 16.7 Å². The van der Waals surface area contributed by atoms with E-state index in [4.69, 9.17) is 7.98 Å². The van der Waals surface area contributed by atoms with Crippen LogP contribution in [0.15, 0.2) is 18.2 Å². The van der Waals surface area contributed by atoms with E-state index in [-0.39, 0.29) is 0 Å². The van der Waals surface area contributed by atoms with Gasteiger partial charge in [0.2, 0.25) is 0 Å². The zero-order valence-corrected chi connectivity index (χ0v) is 10.9. The molecule has 0 unspecified atom stereocenters. The molecule has 19 heavy (non-hydrogen) atoms. The van der Waals surface area contributed by atoms with Gasteiger partial charge in [-0.1, -0.05) is 6.07 Å². The molecular weight excluding hydrogens is 252 g/mol. The van der Waals surface area contributed by atoms with Gasteiger partial charge >= 0.3 is 6.18 Å². The van der Waals surface area contributed by atoms with Crippen molar-refractivity contribution in [3.63, 3.8) is 0 Å². The normalized spacial score (nSPS) is 18.7. The molecule has 0 saturated carbocycles. The summed E-state index contributed by atoms with van der Waals surface area (Å²) >= 11 is 0. The molecule has 102 valence electrons. The van der Waals surface area contributed by atoms with Crippen LogP contribution in [0.5, 0.6) is 0 Å². The third-order valence-electron chi connectivity index (χ3n) is 3.47. The Kier molecular flexibility index (Phi) is 4.21. The largest absolute Gasteiger partial charge is 0.416 e. The smallest absolute Gasteiger partial charge is 0.351 e. The van der Waals surface area contributed by atoms with Crippen LogP contribution in [-0.2, 0) is 12.7 Å². The summed E-state index contributed by atoms with van der Waals surface area (Å²) in [4.78, 5) is 3.97. The van der Waals surface area contributed by atoms with Gasteiger partial charge in [0.1, 0.15) is 0 Å². The van der Waals surface area contributed by atoms with Crippen molar-refractivity contribution in [3.8, 4) is 0 Å². The van der Waals surface area contributed by atoms with Crippen LogP contribution in [0.25, 0.3) is 0 Å². The van der Waals surface area contributed by atoms with Crippen molar-refractivity contribution in [1.29, 1.82) is 0 Å². The van der Waals surface area contributed by atoms with E-state index in [0.29, 0.717) is 12.1 Å². The molecule has 1 heterocycles. The van der Waals surface area contributed by atoms with E-state index in [2.05, 4.69) is 4.90 Å². The fourth-order valence-electron chi connectivity index (χ4n) is 2.21. The van der Waals surface area contributed by atoms with Crippen molar-refractivity contribution < 1.29 is 13.2 Å². The molecule has 6 heteroatoms. The van der Waals surface area contributed by atoms with E-state index in [9.17, 15) is 13.2 Å². The average Bonchev–Trinajstić information content (AvgIpc) is 2.33. The number of hydrogen-bond acceptors (Lipinski definition) is 2. The van der Waals surface area contributed by atoms with Crippen molar-refractivity contribution >= 4 is 7.98 Å². The number of alkyl halides is 3. The zero-order chi connectivity index (χ0) is 14.0. The zero-order valence-electron chi connectivity index (χ0n) is 10.9. The molecule has 2 radical (unpaired) electrons. The standard InChI is InChI=1S/C13H16BF3N2/c1-10-8-12(13(15,16)17)3-2-11(10)9-18-4-6-19(14)7-5-18/h2-3,8H,4-7,9H2,1H3. The van der Waals surface area contributed by atoms with Gasteiger partial charge in [-0.25, -0.2) is 0 Å². The summed E-state index contributed by atoms with van der Waals surface area (Å²) in [5.41, 5.74) is 1.05. The number of halogens is 3. The highest BCUT2D eigenvalue weighted by Gasteiger charge is 2.30. The van der Waals surface area contributed by atoms with Crippen molar-refractivity contribution in [1.82, 2.24) is 9.71 Å². The summed E-state index contributed by atoms with van der Waals surface area (Å²) in [5, 5.41) is 0. The van der Waals surface area contributed by atoms with Gasteiger partial charge in [-0.3, -0.25) is 4.90 Å². The molecule has 0 N–H and O–H groups in total. The van der Waals surface area contributed by atoms with Crippen molar-refractivity contribution in [2.24, 2.45) is 0 Å². The van der Waals surface area contributed by atoms with Crippen LogP contribution in [0.3, 0.4) is 0 Å². The van der Waals surface area contributed by atoms with Gasteiger partial charge in [0.25, 0.3) is 0 Å². The SMILES string of the molecule is [B]N1CCN(Cc2ccc(C(F)(F)F)cc2C)CC1. The fraction of sp³-hybridized carbons (Fsp3) is 0.538. The van der Waals surface area contributed by atoms with Crippen molar-refractivity contribution in [2.45, 2.75) is 19.6 Å². The Hall–Kier alpha value is -1.01. The second kappa shape index (κ2) is 5.55. The lowest BCUT2D eigenvalue weighted by atomic mass is 10.0. The number of aryl methyl sites for hydroxylation is 1. The van der Waals surface area contributed by atoms with Crippen LogP contribution in [0.4, 0.5) is 13.2 Å². The molecule has 1 saturated heterocycles. The third-order valence-corrected chi connectivity index (χ3v) is 3.47. The lowest BCUT2D eigenvalue weighted by molar-refractivity contribution is -0.137. The van der Waals surface area contributed by atoms with Gasteiger partial charge in [-0.05, 0) is 43.3 Å². The Labute approximate surface area is 112 Å². The highest BCUT2D eigenvalue weighted by molar-refractivity contribution is 6.04. The van der Waals surface area contributed by atoms with Crippen molar-refractivity contribution in [2.75, 3.05) is 26.2 Å². The Bertz CT molecular complexity index is 440. The maximum absolute atomic E-state index is 12.6. The number of benzene rings is 1. The van der Waals surface area contributed by atoms with E-state index in [1.807, 2.05) is 0 Å². The Balaban J connectivity index is 2.05. The molecule has 1 aliphatic heterocycles. The molecule has 0 amide bonds. The van der Waals surface area contributed by atoms with Crippen LogP contribution >= 0.6 is 0 Å². The molecular formula is C13H16BF3N2. The number of hydrogen-bond donors (Lipinski definition) is 0. The number of nitrogens with zero attached hydrogens (tertiary/aromatic N) is 2. The fourth-order valence-corrected chi connectivity index (χ4v) is 2.21. The van der Waals surface area contributed by atoms with Crippen LogP contribution in [-0.4, -0.2) is 43.9 Å². The van der Waals surface area contributed by atoms with E-state index >= 15 is 0 Å². The maximum atomic E-state index is 12.6. The second-order valence-corrected chi connectivity index (χ2v) is 4.95. The van der Waals surface area contributed by atoms with Crippen molar-refractivity contribution in [3.05, 3.63) is 34.9 Å².